The number of carbonyl (C=O) groups is 1. The normalized spacial score (nSPS) is 18.0. The van der Waals surface area contributed by atoms with E-state index in [1.807, 2.05) is 19.1 Å². The molecule has 1 aliphatic rings. The quantitative estimate of drug-likeness (QED) is 0.839. The van der Waals surface area contributed by atoms with Gasteiger partial charge in [-0.25, -0.2) is 0 Å². The average Bonchev–Trinajstić information content (AvgIpc) is 2.98. The van der Waals surface area contributed by atoms with Crippen molar-refractivity contribution in [3.63, 3.8) is 0 Å². The summed E-state index contributed by atoms with van der Waals surface area (Å²) in [5, 5.41) is 6.33. The number of nitrogens with zero attached hydrogens (tertiary/aromatic N) is 2. The maximum atomic E-state index is 11.9. The van der Waals surface area contributed by atoms with Crippen molar-refractivity contribution in [3.05, 3.63) is 24.0 Å². The Morgan fingerprint density at radius 1 is 1.57 bits per heavy atom. The average molecular weight is 290 g/mol. The van der Waals surface area contributed by atoms with Gasteiger partial charge in [0.15, 0.2) is 0 Å². The predicted octanol–water partition coefficient (Wildman–Crippen LogP) is 1.80. The van der Waals surface area contributed by atoms with E-state index in [2.05, 4.69) is 34.4 Å². The summed E-state index contributed by atoms with van der Waals surface area (Å²) >= 11 is 0. The molecule has 21 heavy (non-hydrogen) atoms. The van der Waals surface area contributed by atoms with Crippen LogP contribution in [0.5, 0.6) is 0 Å². The topological polar surface area (TPSA) is 57.3 Å². The minimum atomic E-state index is -0.109. The Morgan fingerprint density at radius 3 is 3.00 bits per heavy atom. The van der Waals surface area contributed by atoms with Gasteiger partial charge in [-0.1, -0.05) is 0 Å². The number of aromatic nitrogens is 1. The third-order valence-electron chi connectivity index (χ3n) is 3.85. The smallest absolute Gasteiger partial charge is 0.269 e. The second-order valence-electron chi connectivity index (χ2n) is 5.80. The molecule has 0 radical (unpaired) electrons. The predicted molar refractivity (Wildman–Crippen MR) is 85.8 cm³/mol. The molecule has 1 saturated heterocycles. The molecule has 1 aromatic heterocycles. The lowest BCUT2D eigenvalue weighted by molar-refractivity contribution is 0.0951. The molecule has 5 nitrogen and oxygen atoms in total. The van der Waals surface area contributed by atoms with Crippen LogP contribution in [-0.2, 0) is 0 Å². The van der Waals surface area contributed by atoms with Crippen molar-refractivity contribution in [3.8, 4) is 0 Å². The number of amides is 1. The first-order valence-corrected chi connectivity index (χ1v) is 7.86. The zero-order valence-corrected chi connectivity index (χ0v) is 13.2. The van der Waals surface area contributed by atoms with Crippen molar-refractivity contribution >= 4 is 11.6 Å². The van der Waals surface area contributed by atoms with Crippen LogP contribution in [0.4, 0.5) is 5.69 Å². The van der Waals surface area contributed by atoms with Crippen LogP contribution in [0, 0.1) is 0 Å². The highest BCUT2D eigenvalue weighted by atomic mass is 16.1. The summed E-state index contributed by atoms with van der Waals surface area (Å²) in [6.07, 6.45) is 4.19. The van der Waals surface area contributed by atoms with Gasteiger partial charge in [0.1, 0.15) is 5.69 Å². The van der Waals surface area contributed by atoms with Gasteiger partial charge >= 0.3 is 0 Å². The maximum absolute atomic E-state index is 11.9. The Hall–Kier alpha value is -1.62. The Morgan fingerprint density at radius 2 is 2.38 bits per heavy atom. The lowest BCUT2D eigenvalue weighted by atomic mass is 10.1. The van der Waals surface area contributed by atoms with Crippen molar-refractivity contribution in [1.29, 1.82) is 0 Å². The van der Waals surface area contributed by atoms with Crippen LogP contribution in [0.2, 0.25) is 0 Å². The molecule has 0 aromatic carbocycles. The van der Waals surface area contributed by atoms with E-state index in [0.717, 1.165) is 18.8 Å². The van der Waals surface area contributed by atoms with Crippen LogP contribution in [0.3, 0.4) is 0 Å². The molecule has 0 bridgehead atoms. The Kier molecular flexibility index (Phi) is 5.56. The van der Waals surface area contributed by atoms with Crippen molar-refractivity contribution < 1.29 is 4.79 Å². The molecule has 116 valence electrons. The fraction of sp³-hybridized carbons (Fsp3) is 0.625. The summed E-state index contributed by atoms with van der Waals surface area (Å²) in [6, 6.07) is 4.79. The highest BCUT2D eigenvalue weighted by molar-refractivity contribution is 5.93. The largest absolute Gasteiger partial charge is 0.367 e. The first kappa shape index (κ1) is 15.8. The molecule has 1 unspecified atom stereocenters. The molecule has 2 rings (SSSR count). The van der Waals surface area contributed by atoms with E-state index in [-0.39, 0.29) is 5.91 Å². The molecule has 0 aliphatic carbocycles. The van der Waals surface area contributed by atoms with Crippen LogP contribution in [0.15, 0.2) is 18.3 Å². The van der Waals surface area contributed by atoms with Gasteiger partial charge in [0.05, 0.1) is 0 Å². The lowest BCUT2D eigenvalue weighted by Crippen LogP contribution is -2.41. The van der Waals surface area contributed by atoms with E-state index >= 15 is 0 Å². The van der Waals surface area contributed by atoms with Crippen LogP contribution < -0.4 is 15.5 Å². The van der Waals surface area contributed by atoms with Crippen LogP contribution in [0.1, 0.15) is 44.1 Å². The summed E-state index contributed by atoms with van der Waals surface area (Å²) in [5.74, 6) is -0.109. The zero-order chi connectivity index (χ0) is 15.2. The van der Waals surface area contributed by atoms with Crippen LogP contribution in [-0.4, -0.2) is 42.6 Å². The summed E-state index contributed by atoms with van der Waals surface area (Å²) in [5.41, 5.74) is 1.55. The van der Waals surface area contributed by atoms with Crippen molar-refractivity contribution in [2.75, 3.05) is 24.5 Å². The summed E-state index contributed by atoms with van der Waals surface area (Å²) in [4.78, 5) is 18.4. The maximum Gasteiger partial charge on any atom is 0.269 e. The Balaban J connectivity index is 2.15. The molecule has 1 fully saturated rings. The fourth-order valence-electron chi connectivity index (χ4n) is 2.74. The van der Waals surface area contributed by atoms with Crippen molar-refractivity contribution in [1.82, 2.24) is 15.6 Å². The van der Waals surface area contributed by atoms with Gasteiger partial charge < -0.3 is 15.5 Å². The molecular weight excluding hydrogens is 264 g/mol. The number of nitrogens with one attached hydrogen (secondary N) is 2. The lowest BCUT2D eigenvalue weighted by Gasteiger charge is -2.31. The van der Waals surface area contributed by atoms with Crippen molar-refractivity contribution in [2.24, 2.45) is 0 Å². The van der Waals surface area contributed by atoms with E-state index in [1.165, 1.54) is 12.8 Å². The molecule has 2 N–H and O–H groups in total. The zero-order valence-electron chi connectivity index (χ0n) is 13.2. The highest BCUT2D eigenvalue weighted by Crippen LogP contribution is 2.20. The summed E-state index contributed by atoms with van der Waals surface area (Å²) in [7, 11) is 0. The van der Waals surface area contributed by atoms with Gasteiger partial charge in [-0.15, -0.1) is 0 Å². The number of hydrogen-bond acceptors (Lipinski definition) is 4. The van der Waals surface area contributed by atoms with E-state index in [0.29, 0.717) is 24.3 Å². The first-order chi connectivity index (χ1) is 10.1. The van der Waals surface area contributed by atoms with E-state index in [1.54, 1.807) is 6.20 Å². The Bertz CT molecular complexity index is 469. The molecule has 5 heteroatoms. The molecule has 1 aromatic rings. The molecule has 0 saturated carbocycles. The minimum Gasteiger partial charge on any atom is -0.367 e. The standard InChI is InChI=1S/C16H26N4O/c1-4-17-16(21)15-10-14(7-9-19-15)20(12(2)3)11-13-6-5-8-18-13/h7,9-10,12-13,18H,4-6,8,11H2,1-3H3,(H,17,21). The Labute approximate surface area is 127 Å². The van der Waals surface area contributed by atoms with E-state index in [4.69, 9.17) is 0 Å². The van der Waals surface area contributed by atoms with Gasteiger partial charge in [-0.05, 0) is 52.3 Å². The SMILES string of the molecule is CCNC(=O)c1cc(N(CC2CCCN2)C(C)C)ccn1. The van der Waals surface area contributed by atoms with E-state index in [9.17, 15) is 4.79 Å². The molecule has 2 heterocycles. The molecule has 0 spiro atoms. The van der Waals surface area contributed by atoms with Gasteiger partial charge in [-0.3, -0.25) is 9.78 Å². The van der Waals surface area contributed by atoms with Crippen LogP contribution in [0.25, 0.3) is 0 Å². The first-order valence-electron chi connectivity index (χ1n) is 7.86. The summed E-state index contributed by atoms with van der Waals surface area (Å²) in [6.45, 7) is 8.97. The molecule has 1 amide bonds. The second kappa shape index (κ2) is 7.41. The number of hydrogen-bond donors (Lipinski definition) is 2. The van der Waals surface area contributed by atoms with Crippen molar-refractivity contribution in [2.45, 2.75) is 45.7 Å². The van der Waals surface area contributed by atoms with Gasteiger partial charge in [0.2, 0.25) is 0 Å². The van der Waals surface area contributed by atoms with Gasteiger partial charge in [-0.2, -0.15) is 0 Å². The number of rotatable bonds is 6. The van der Waals surface area contributed by atoms with Crippen LogP contribution >= 0.6 is 0 Å². The van der Waals surface area contributed by atoms with Gasteiger partial charge in [0.25, 0.3) is 5.91 Å². The fourth-order valence-corrected chi connectivity index (χ4v) is 2.74. The molecular formula is C16H26N4O. The highest BCUT2D eigenvalue weighted by Gasteiger charge is 2.20. The third kappa shape index (κ3) is 4.17. The number of anilines is 1. The number of pyridine rings is 1. The monoisotopic (exact) mass is 290 g/mol. The molecule has 1 atom stereocenters. The molecule has 1 aliphatic heterocycles. The van der Waals surface area contributed by atoms with Gasteiger partial charge in [0, 0.05) is 37.1 Å². The number of carbonyl (C=O) groups excluding carboxylic acids is 1. The summed E-state index contributed by atoms with van der Waals surface area (Å²) < 4.78 is 0. The third-order valence-corrected chi connectivity index (χ3v) is 3.85. The minimum absolute atomic E-state index is 0.109. The second-order valence-corrected chi connectivity index (χ2v) is 5.80. The van der Waals surface area contributed by atoms with E-state index < -0.39 is 0 Å².